The first-order valence-electron chi connectivity index (χ1n) is 5.69. The zero-order valence-corrected chi connectivity index (χ0v) is 9.78. The van der Waals surface area contributed by atoms with Crippen molar-refractivity contribution < 1.29 is 5.11 Å². The molecule has 2 aliphatic heterocycles. The second-order valence-electron chi connectivity index (χ2n) is 5.04. The number of rotatable bonds is 3. The third-order valence-corrected chi connectivity index (χ3v) is 4.95. The van der Waals surface area contributed by atoms with Crippen LogP contribution in [0.4, 0.5) is 0 Å². The van der Waals surface area contributed by atoms with E-state index in [-0.39, 0.29) is 12.1 Å². The maximum Gasteiger partial charge on any atom is 0.0610 e. The predicted molar refractivity (Wildman–Crippen MR) is 61.7 cm³/mol. The summed E-state index contributed by atoms with van der Waals surface area (Å²) in [6, 6.07) is 0. The Hall–Kier alpha value is 0.270. The standard InChI is InChI=1S/C11H21NOS/c1-11(8-13)6-9(7-12-11)5-10-3-2-4-14-10/h9-10,12-13H,2-8H2,1H3. The van der Waals surface area contributed by atoms with Crippen LogP contribution in [0.1, 0.15) is 32.6 Å². The molecule has 3 heteroatoms. The van der Waals surface area contributed by atoms with Crippen molar-refractivity contribution >= 4 is 11.8 Å². The average Bonchev–Trinajstić information content (AvgIpc) is 2.78. The first kappa shape index (κ1) is 10.8. The Balaban J connectivity index is 1.78. The Labute approximate surface area is 90.8 Å². The molecule has 14 heavy (non-hydrogen) atoms. The van der Waals surface area contributed by atoms with Gasteiger partial charge in [-0.25, -0.2) is 0 Å². The topological polar surface area (TPSA) is 32.3 Å². The monoisotopic (exact) mass is 215 g/mol. The predicted octanol–water partition coefficient (Wildman–Crippen LogP) is 1.63. The van der Waals surface area contributed by atoms with E-state index in [0.717, 1.165) is 24.1 Å². The lowest BCUT2D eigenvalue weighted by atomic mass is 9.92. The molecule has 2 heterocycles. The minimum absolute atomic E-state index is 0.00787. The van der Waals surface area contributed by atoms with Gasteiger partial charge in [0.25, 0.3) is 0 Å². The third kappa shape index (κ3) is 2.44. The minimum Gasteiger partial charge on any atom is -0.394 e. The molecular formula is C11H21NOS. The van der Waals surface area contributed by atoms with Crippen LogP contribution in [0.25, 0.3) is 0 Å². The lowest BCUT2D eigenvalue weighted by Gasteiger charge is -2.21. The van der Waals surface area contributed by atoms with Crippen molar-refractivity contribution in [1.29, 1.82) is 0 Å². The fourth-order valence-electron chi connectivity index (χ4n) is 2.66. The molecule has 0 aromatic heterocycles. The highest BCUT2D eigenvalue weighted by molar-refractivity contribution is 8.00. The summed E-state index contributed by atoms with van der Waals surface area (Å²) in [5.41, 5.74) is 0.00787. The van der Waals surface area contributed by atoms with Crippen LogP contribution >= 0.6 is 11.8 Å². The normalized spacial score (nSPS) is 43.3. The molecule has 3 atom stereocenters. The summed E-state index contributed by atoms with van der Waals surface area (Å²) >= 11 is 2.15. The van der Waals surface area contributed by atoms with Crippen molar-refractivity contribution in [2.75, 3.05) is 18.9 Å². The van der Waals surface area contributed by atoms with Gasteiger partial charge < -0.3 is 10.4 Å². The molecule has 0 aliphatic carbocycles. The molecule has 0 spiro atoms. The SMILES string of the molecule is CC1(CO)CC(CC2CCCS2)CN1. The Kier molecular flexibility index (Phi) is 3.40. The Bertz CT molecular complexity index is 194. The van der Waals surface area contributed by atoms with Gasteiger partial charge in [0.2, 0.25) is 0 Å². The molecule has 2 saturated heterocycles. The summed E-state index contributed by atoms with van der Waals surface area (Å²) < 4.78 is 0. The highest BCUT2D eigenvalue weighted by Gasteiger charge is 2.35. The van der Waals surface area contributed by atoms with Crippen molar-refractivity contribution in [2.24, 2.45) is 5.92 Å². The van der Waals surface area contributed by atoms with E-state index in [1.165, 1.54) is 25.0 Å². The molecule has 2 N–H and O–H groups in total. The van der Waals surface area contributed by atoms with E-state index in [2.05, 4.69) is 24.0 Å². The van der Waals surface area contributed by atoms with E-state index in [1.54, 1.807) is 0 Å². The van der Waals surface area contributed by atoms with Gasteiger partial charge in [-0.1, -0.05) is 0 Å². The molecule has 0 radical (unpaired) electrons. The lowest BCUT2D eigenvalue weighted by molar-refractivity contribution is 0.188. The van der Waals surface area contributed by atoms with Crippen LogP contribution < -0.4 is 5.32 Å². The first-order chi connectivity index (χ1) is 6.72. The van der Waals surface area contributed by atoms with Crippen LogP contribution in [0.2, 0.25) is 0 Å². The zero-order valence-electron chi connectivity index (χ0n) is 8.96. The molecule has 2 rings (SSSR count). The minimum atomic E-state index is 0.00787. The van der Waals surface area contributed by atoms with Crippen LogP contribution in [0, 0.1) is 5.92 Å². The molecule has 82 valence electrons. The first-order valence-corrected chi connectivity index (χ1v) is 6.74. The highest BCUT2D eigenvalue weighted by Crippen LogP contribution is 2.35. The van der Waals surface area contributed by atoms with Gasteiger partial charge in [0.05, 0.1) is 6.61 Å². The quantitative estimate of drug-likeness (QED) is 0.750. The lowest BCUT2D eigenvalue weighted by Crippen LogP contribution is -2.39. The summed E-state index contributed by atoms with van der Waals surface area (Å²) in [5.74, 6) is 2.16. The molecule has 2 nitrogen and oxygen atoms in total. The Morgan fingerprint density at radius 1 is 1.57 bits per heavy atom. The largest absolute Gasteiger partial charge is 0.394 e. The van der Waals surface area contributed by atoms with E-state index in [0.29, 0.717) is 0 Å². The van der Waals surface area contributed by atoms with Crippen molar-refractivity contribution in [3.05, 3.63) is 0 Å². The van der Waals surface area contributed by atoms with Gasteiger partial charge in [-0.05, 0) is 50.8 Å². The van der Waals surface area contributed by atoms with Gasteiger partial charge in [-0.3, -0.25) is 0 Å². The molecule has 0 saturated carbocycles. The van der Waals surface area contributed by atoms with Crippen LogP contribution in [0.3, 0.4) is 0 Å². The molecule has 0 aromatic rings. The fraction of sp³-hybridized carbons (Fsp3) is 1.00. The Morgan fingerprint density at radius 3 is 3.00 bits per heavy atom. The summed E-state index contributed by atoms with van der Waals surface area (Å²) in [5, 5.41) is 13.6. The molecule has 0 bridgehead atoms. The summed E-state index contributed by atoms with van der Waals surface area (Å²) in [7, 11) is 0. The summed E-state index contributed by atoms with van der Waals surface area (Å²) in [4.78, 5) is 0. The molecular weight excluding hydrogens is 194 g/mol. The molecule has 2 fully saturated rings. The van der Waals surface area contributed by atoms with Gasteiger partial charge >= 0.3 is 0 Å². The zero-order chi connectivity index (χ0) is 10.0. The van der Waals surface area contributed by atoms with Crippen LogP contribution in [0.5, 0.6) is 0 Å². The Morgan fingerprint density at radius 2 is 2.43 bits per heavy atom. The van der Waals surface area contributed by atoms with Crippen LogP contribution in [-0.4, -0.2) is 34.8 Å². The van der Waals surface area contributed by atoms with Crippen molar-refractivity contribution in [1.82, 2.24) is 5.32 Å². The van der Waals surface area contributed by atoms with Gasteiger partial charge in [-0.2, -0.15) is 11.8 Å². The maximum absolute atomic E-state index is 9.24. The fourth-order valence-corrected chi connectivity index (χ4v) is 4.07. The number of nitrogens with one attached hydrogen (secondary N) is 1. The second-order valence-corrected chi connectivity index (χ2v) is 6.45. The van der Waals surface area contributed by atoms with Gasteiger partial charge in [-0.15, -0.1) is 0 Å². The van der Waals surface area contributed by atoms with Crippen molar-refractivity contribution in [3.63, 3.8) is 0 Å². The van der Waals surface area contributed by atoms with E-state index in [1.807, 2.05) is 0 Å². The maximum atomic E-state index is 9.24. The van der Waals surface area contributed by atoms with Gasteiger partial charge in [0.1, 0.15) is 0 Å². The van der Waals surface area contributed by atoms with E-state index >= 15 is 0 Å². The van der Waals surface area contributed by atoms with Crippen LogP contribution in [0.15, 0.2) is 0 Å². The van der Waals surface area contributed by atoms with Crippen LogP contribution in [-0.2, 0) is 0 Å². The average molecular weight is 215 g/mol. The van der Waals surface area contributed by atoms with Gasteiger partial charge in [0.15, 0.2) is 0 Å². The number of hydrogen-bond donors (Lipinski definition) is 2. The molecule has 0 amide bonds. The van der Waals surface area contributed by atoms with E-state index < -0.39 is 0 Å². The number of aliphatic hydroxyl groups excluding tert-OH is 1. The third-order valence-electron chi connectivity index (χ3n) is 3.53. The van der Waals surface area contributed by atoms with E-state index in [4.69, 9.17) is 0 Å². The second kappa shape index (κ2) is 4.42. The molecule has 3 unspecified atom stereocenters. The number of thioether (sulfide) groups is 1. The van der Waals surface area contributed by atoms with E-state index in [9.17, 15) is 5.11 Å². The van der Waals surface area contributed by atoms with Gasteiger partial charge in [0, 0.05) is 10.8 Å². The van der Waals surface area contributed by atoms with Crippen molar-refractivity contribution in [2.45, 2.75) is 43.4 Å². The smallest absolute Gasteiger partial charge is 0.0610 e. The highest BCUT2D eigenvalue weighted by atomic mass is 32.2. The molecule has 2 aliphatic rings. The molecule has 0 aromatic carbocycles. The summed E-state index contributed by atoms with van der Waals surface area (Å²) in [6.45, 7) is 3.52. The number of hydrogen-bond acceptors (Lipinski definition) is 3. The summed E-state index contributed by atoms with van der Waals surface area (Å²) in [6.07, 6.45) is 5.33. The number of aliphatic hydroxyl groups is 1. The van der Waals surface area contributed by atoms with Crippen molar-refractivity contribution in [3.8, 4) is 0 Å².